The van der Waals surface area contributed by atoms with Crippen molar-refractivity contribution in [1.82, 2.24) is 4.98 Å². The molecule has 1 unspecified atom stereocenters. The Morgan fingerprint density at radius 3 is 2.86 bits per heavy atom. The first-order chi connectivity index (χ1) is 10.8. The number of carbonyl (C=O) groups excluding carboxylic acids is 1. The first kappa shape index (κ1) is 14.3. The van der Waals surface area contributed by atoms with Crippen LogP contribution in [0.1, 0.15) is 18.2 Å². The van der Waals surface area contributed by atoms with Crippen LogP contribution < -0.4 is 4.74 Å². The molecule has 0 amide bonds. The van der Waals surface area contributed by atoms with Gasteiger partial charge in [0, 0.05) is 24.3 Å². The fraction of sp³-hybridized carbons (Fsp3) is 0.222. The third-order valence-electron chi connectivity index (χ3n) is 3.51. The summed E-state index contributed by atoms with van der Waals surface area (Å²) in [4.78, 5) is 16.2. The van der Waals surface area contributed by atoms with Crippen LogP contribution in [0.4, 0.5) is 0 Å². The van der Waals surface area contributed by atoms with Crippen molar-refractivity contribution in [3.8, 4) is 5.75 Å². The second-order valence-electron chi connectivity index (χ2n) is 4.99. The standard InChI is InChI=1S/C18H17NO3/c1-2-21-18(20)12-14(15-8-5-6-10-19-15)17-11-13-7-3-4-9-16(13)22-17/h3-10,12,17H,2,11H2,1H3/b14-12+. The number of hydrogen-bond donors (Lipinski definition) is 0. The molecule has 0 fully saturated rings. The molecular weight excluding hydrogens is 278 g/mol. The normalized spacial score (nSPS) is 16.8. The minimum atomic E-state index is -0.372. The number of rotatable bonds is 4. The Kier molecular flexibility index (Phi) is 4.19. The van der Waals surface area contributed by atoms with E-state index in [1.165, 1.54) is 6.08 Å². The molecule has 22 heavy (non-hydrogen) atoms. The second kappa shape index (κ2) is 6.43. The van der Waals surface area contributed by atoms with Crippen molar-refractivity contribution in [2.75, 3.05) is 6.61 Å². The number of ether oxygens (including phenoxy) is 2. The van der Waals surface area contributed by atoms with Gasteiger partial charge in [-0.1, -0.05) is 24.3 Å². The second-order valence-corrected chi connectivity index (χ2v) is 4.99. The van der Waals surface area contributed by atoms with Crippen LogP contribution in [0.5, 0.6) is 5.75 Å². The summed E-state index contributed by atoms with van der Waals surface area (Å²) in [5.41, 5.74) is 2.61. The van der Waals surface area contributed by atoms with Gasteiger partial charge in [0.15, 0.2) is 0 Å². The number of aromatic nitrogens is 1. The van der Waals surface area contributed by atoms with Gasteiger partial charge in [-0.15, -0.1) is 0 Å². The van der Waals surface area contributed by atoms with Crippen LogP contribution in [0.3, 0.4) is 0 Å². The van der Waals surface area contributed by atoms with E-state index in [1.807, 2.05) is 42.5 Å². The Hall–Kier alpha value is -2.62. The lowest BCUT2D eigenvalue weighted by Gasteiger charge is -2.15. The maximum atomic E-state index is 11.9. The molecule has 1 aromatic heterocycles. The van der Waals surface area contributed by atoms with Crippen molar-refractivity contribution in [1.29, 1.82) is 0 Å². The molecule has 0 spiro atoms. The summed E-state index contributed by atoms with van der Waals surface area (Å²) >= 11 is 0. The largest absolute Gasteiger partial charge is 0.485 e. The van der Waals surface area contributed by atoms with Gasteiger partial charge in [0.25, 0.3) is 0 Å². The highest BCUT2D eigenvalue weighted by atomic mass is 16.5. The van der Waals surface area contributed by atoms with E-state index in [9.17, 15) is 4.79 Å². The summed E-state index contributed by atoms with van der Waals surface area (Å²) in [6, 6.07) is 13.5. The summed E-state index contributed by atoms with van der Waals surface area (Å²) in [6.45, 7) is 2.13. The van der Waals surface area contributed by atoms with Crippen LogP contribution in [0.15, 0.2) is 54.7 Å². The number of esters is 1. The van der Waals surface area contributed by atoms with Crippen molar-refractivity contribution in [2.45, 2.75) is 19.4 Å². The van der Waals surface area contributed by atoms with Crippen molar-refractivity contribution in [3.63, 3.8) is 0 Å². The zero-order chi connectivity index (χ0) is 15.4. The lowest BCUT2D eigenvalue weighted by molar-refractivity contribution is -0.137. The minimum absolute atomic E-state index is 0.225. The molecule has 1 aliphatic heterocycles. The van der Waals surface area contributed by atoms with Gasteiger partial charge in [0.05, 0.1) is 12.3 Å². The predicted molar refractivity (Wildman–Crippen MR) is 83.4 cm³/mol. The van der Waals surface area contributed by atoms with Crippen LogP contribution in [0.25, 0.3) is 5.57 Å². The summed E-state index contributed by atoms with van der Waals surface area (Å²) in [7, 11) is 0. The van der Waals surface area contributed by atoms with Gasteiger partial charge in [-0.05, 0) is 30.7 Å². The molecule has 0 saturated carbocycles. The van der Waals surface area contributed by atoms with Gasteiger partial charge in [-0.25, -0.2) is 4.79 Å². The molecule has 0 N–H and O–H groups in total. The molecule has 4 nitrogen and oxygen atoms in total. The molecule has 0 saturated heterocycles. The maximum absolute atomic E-state index is 11.9. The Balaban J connectivity index is 1.92. The maximum Gasteiger partial charge on any atom is 0.331 e. The minimum Gasteiger partial charge on any atom is -0.485 e. The molecule has 0 bridgehead atoms. The zero-order valence-corrected chi connectivity index (χ0v) is 12.4. The smallest absolute Gasteiger partial charge is 0.331 e. The molecule has 1 aliphatic rings. The van der Waals surface area contributed by atoms with E-state index in [0.717, 1.165) is 29.0 Å². The molecule has 112 valence electrons. The number of fused-ring (bicyclic) bond motifs is 1. The lowest BCUT2D eigenvalue weighted by Crippen LogP contribution is -2.18. The molecule has 2 heterocycles. The van der Waals surface area contributed by atoms with Crippen LogP contribution in [0, 0.1) is 0 Å². The molecule has 1 aromatic carbocycles. The molecule has 0 radical (unpaired) electrons. The first-order valence-electron chi connectivity index (χ1n) is 7.32. The predicted octanol–water partition coefficient (Wildman–Crippen LogP) is 3.03. The Morgan fingerprint density at radius 1 is 1.32 bits per heavy atom. The van der Waals surface area contributed by atoms with E-state index >= 15 is 0 Å². The summed E-state index contributed by atoms with van der Waals surface area (Å²) in [5.74, 6) is 0.487. The fourth-order valence-electron chi connectivity index (χ4n) is 2.53. The highest BCUT2D eigenvalue weighted by molar-refractivity contribution is 5.92. The summed E-state index contributed by atoms with van der Waals surface area (Å²) < 4.78 is 11.0. The Morgan fingerprint density at radius 2 is 2.14 bits per heavy atom. The van der Waals surface area contributed by atoms with E-state index in [1.54, 1.807) is 13.1 Å². The van der Waals surface area contributed by atoms with Crippen molar-refractivity contribution < 1.29 is 14.3 Å². The van der Waals surface area contributed by atoms with E-state index in [4.69, 9.17) is 9.47 Å². The van der Waals surface area contributed by atoms with Gasteiger partial charge < -0.3 is 9.47 Å². The molecule has 0 aliphatic carbocycles. The van der Waals surface area contributed by atoms with Crippen molar-refractivity contribution in [2.24, 2.45) is 0 Å². The van der Waals surface area contributed by atoms with Crippen LogP contribution in [0.2, 0.25) is 0 Å². The lowest BCUT2D eigenvalue weighted by atomic mass is 10.0. The number of carbonyl (C=O) groups is 1. The van der Waals surface area contributed by atoms with Crippen LogP contribution in [-0.2, 0) is 16.0 Å². The van der Waals surface area contributed by atoms with E-state index in [2.05, 4.69) is 4.98 Å². The summed E-state index contributed by atoms with van der Waals surface area (Å²) in [6.07, 6.45) is 3.69. The van der Waals surface area contributed by atoms with Gasteiger partial charge in [-0.3, -0.25) is 4.98 Å². The Bertz CT molecular complexity index is 669. The van der Waals surface area contributed by atoms with E-state index in [0.29, 0.717) is 6.61 Å². The van der Waals surface area contributed by atoms with Crippen molar-refractivity contribution in [3.05, 3.63) is 66.0 Å². The number of nitrogens with zero attached hydrogens (tertiary/aromatic N) is 1. The highest BCUT2D eigenvalue weighted by Gasteiger charge is 2.28. The van der Waals surface area contributed by atoms with Gasteiger partial charge >= 0.3 is 5.97 Å². The van der Waals surface area contributed by atoms with Crippen LogP contribution in [-0.4, -0.2) is 23.7 Å². The van der Waals surface area contributed by atoms with E-state index < -0.39 is 0 Å². The summed E-state index contributed by atoms with van der Waals surface area (Å²) in [5, 5.41) is 0. The quantitative estimate of drug-likeness (QED) is 0.642. The number of hydrogen-bond acceptors (Lipinski definition) is 4. The van der Waals surface area contributed by atoms with Crippen LogP contribution >= 0.6 is 0 Å². The monoisotopic (exact) mass is 295 g/mol. The van der Waals surface area contributed by atoms with Gasteiger partial charge in [-0.2, -0.15) is 0 Å². The number of benzene rings is 1. The molecule has 1 atom stereocenters. The fourth-order valence-corrected chi connectivity index (χ4v) is 2.53. The zero-order valence-electron chi connectivity index (χ0n) is 12.4. The topological polar surface area (TPSA) is 48.4 Å². The van der Waals surface area contributed by atoms with E-state index in [-0.39, 0.29) is 12.1 Å². The van der Waals surface area contributed by atoms with Crippen molar-refractivity contribution >= 4 is 11.5 Å². The molecule has 3 rings (SSSR count). The number of para-hydroxylation sites is 1. The number of pyridine rings is 1. The Labute approximate surface area is 129 Å². The first-order valence-corrected chi connectivity index (χ1v) is 7.32. The third-order valence-corrected chi connectivity index (χ3v) is 3.51. The molecular formula is C18H17NO3. The third kappa shape index (κ3) is 3.01. The highest BCUT2D eigenvalue weighted by Crippen LogP contribution is 2.34. The van der Waals surface area contributed by atoms with Gasteiger partial charge in [0.2, 0.25) is 0 Å². The molecule has 4 heteroatoms. The average Bonchev–Trinajstić information content (AvgIpc) is 2.97. The van der Waals surface area contributed by atoms with Gasteiger partial charge in [0.1, 0.15) is 11.9 Å². The SMILES string of the molecule is CCOC(=O)/C=C(\c1ccccn1)C1Cc2ccccc2O1. The molecule has 2 aromatic rings. The average molecular weight is 295 g/mol.